The van der Waals surface area contributed by atoms with Gasteiger partial charge in [0.05, 0.1) is 5.56 Å². The van der Waals surface area contributed by atoms with Crippen LogP contribution in [0.15, 0.2) is 77.4 Å². The number of rotatable bonds is 4. The Labute approximate surface area is 149 Å². The Kier molecular flexibility index (Phi) is 4.91. The Morgan fingerprint density at radius 2 is 1.71 bits per heavy atom. The van der Waals surface area contributed by atoms with Gasteiger partial charge in [-0.1, -0.05) is 34.1 Å². The van der Waals surface area contributed by atoms with E-state index in [1.54, 1.807) is 12.3 Å². The van der Waals surface area contributed by atoms with Crippen LogP contribution in [0.3, 0.4) is 0 Å². The summed E-state index contributed by atoms with van der Waals surface area (Å²) < 4.78 is 0.968. The molecule has 3 aromatic rings. The van der Waals surface area contributed by atoms with E-state index in [2.05, 4.69) is 26.2 Å². The minimum atomic E-state index is -0.182. The molecule has 5 heteroatoms. The molecule has 0 aliphatic heterocycles. The lowest BCUT2D eigenvalue weighted by molar-refractivity contribution is 0.102. The second-order valence-corrected chi connectivity index (χ2v) is 6.18. The lowest BCUT2D eigenvalue weighted by atomic mass is 10.2. The molecule has 1 aromatic heterocycles. The van der Waals surface area contributed by atoms with Gasteiger partial charge >= 0.3 is 0 Å². The number of hydrogen-bond donors (Lipinski definition) is 1. The van der Waals surface area contributed by atoms with Crippen molar-refractivity contribution in [3.8, 4) is 0 Å². The number of carbonyl (C=O) groups is 1. The molecule has 0 atom stereocenters. The van der Waals surface area contributed by atoms with Crippen LogP contribution in [0, 0.1) is 0 Å². The van der Waals surface area contributed by atoms with Crippen molar-refractivity contribution in [3.05, 3.63) is 83.0 Å². The Balaban J connectivity index is 1.72. The number of nitrogens with zero attached hydrogens (tertiary/aromatic N) is 2. The molecule has 3 rings (SSSR count). The Morgan fingerprint density at radius 1 is 1.00 bits per heavy atom. The third kappa shape index (κ3) is 3.81. The van der Waals surface area contributed by atoms with E-state index < -0.39 is 0 Å². The van der Waals surface area contributed by atoms with Gasteiger partial charge in [-0.2, -0.15) is 0 Å². The number of nitrogens with one attached hydrogen (secondary N) is 1. The summed E-state index contributed by atoms with van der Waals surface area (Å²) in [4.78, 5) is 18.6. The van der Waals surface area contributed by atoms with Crippen LogP contribution in [0.2, 0.25) is 0 Å². The second kappa shape index (κ2) is 7.27. The quantitative estimate of drug-likeness (QED) is 0.701. The first-order valence-electron chi connectivity index (χ1n) is 7.45. The summed E-state index contributed by atoms with van der Waals surface area (Å²) in [6, 6.07) is 21.0. The van der Waals surface area contributed by atoms with Gasteiger partial charge in [0.1, 0.15) is 5.82 Å². The number of amides is 1. The topological polar surface area (TPSA) is 45.2 Å². The molecule has 4 nitrogen and oxygen atoms in total. The average Bonchev–Trinajstić information content (AvgIpc) is 2.64. The standard InChI is InChI=1S/C19H16BrN3O/c1-23(17-5-3-2-4-6-17)18-12-7-14(13-21-18)19(24)22-16-10-8-15(20)9-11-16/h2-13H,1H3,(H,22,24). The summed E-state index contributed by atoms with van der Waals surface area (Å²) in [5, 5.41) is 2.85. The third-order valence-corrected chi connectivity index (χ3v) is 4.13. The SMILES string of the molecule is CN(c1ccccc1)c1ccc(C(=O)Nc2ccc(Br)cc2)cn1. The number of hydrogen-bond acceptors (Lipinski definition) is 3. The zero-order valence-electron chi connectivity index (χ0n) is 13.1. The van der Waals surface area contributed by atoms with Gasteiger partial charge in [-0.15, -0.1) is 0 Å². The highest BCUT2D eigenvalue weighted by molar-refractivity contribution is 9.10. The van der Waals surface area contributed by atoms with Crippen molar-refractivity contribution in [1.29, 1.82) is 0 Å². The molecule has 1 heterocycles. The van der Waals surface area contributed by atoms with Crippen LogP contribution < -0.4 is 10.2 Å². The fraction of sp³-hybridized carbons (Fsp3) is 0.0526. The van der Waals surface area contributed by atoms with E-state index in [-0.39, 0.29) is 5.91 Å². The molecular weight excluding hydrogens is 366 g/mol. The van der Waals surface area contributed by atoms with Gasteiger partial charge in [-0.05, 0) is 48.5 Å². The van der Waals surface area contributed by atoms with Crippen molar-refractivity contribution in [1.82, 2.24) is 4.98 Å². The van der Waals surface area contributed by atoms with Gasteiger partial charge in [0.2, 0.25) is 0 Å². The molecule has 0 aliphatic carbocycles. The zero-order valence-corrected chi connectivity index (χ0v) is 14.7. The molecule has 0 saturated heterocycles. The summed E-state index contributed by atoms with van der Waals surface area (Å²) in [6.45, 7) is 0. The van der Waals surface area contributed by atoms with Crippen LogP contribution in [-0.4, -0.2) is 17.9 Å². The molecule has 0 spiro atoms. The maximum atomic E-state index is 12.3. The summed E-state index contributed by atoms with van der Waals surface area (Å²) in [7, 11) is 1.94. The van der Waals surface area contributed by atoms with Crippen LogP contribution >= 0.6 is 15.9 Å². The molecule has 0 aliphatic rings. The average molecular weight is 382 g/mol. The Morgan fingerprint density at radius 3 is 2.33 bits per heavy atom. The number of pyridine rings is 1. The zero-order chi connectivity index (χ0) is 16.9. The molecule has 0 saturated carbocycles. The number of para-hydroxylation sites is 1. The molecule has 0 fully saturated rings. The minimum Gasteiger partial charge on any atom is -0.329 e. The number of anilines is 3. The fourth-order valence-corrected chi connectivity index (χ4v) is 2.50. The van der Waals surface area contributed by atoms with E-state index in [4.69, 9.17) is 0 Å². The predicted molar refractivity (Wildman–Crippen MR) is 101 cm³/mol. The highest BCUT2D eigenvalue weighted by Crippen LogP contribution is 2.21. The van der Waals surface area contributed by atoms with Crippen LogP contribution in [0.4, 0.5) is 17.2 Å². The van der Waals surface area contributed by atoms with Crippen molar-refractivity contribution in [2.24, 2.45) is 0 Å². The highest BCUT2D eigenvalue weighted by Gasteiger charge is 2.09. The minimum absolute atomic E-state index is 0.182. The molecule has 1 amide bonds. The van der Waals surface area contributed by atoms with Gasteiger partial charge < -0.3 is 10.2 Å². The maximum absolute atomic E-state index is 12.3. The fourth-order valence-electron chi connectivity index (χ4n) is 2.24. The van der Waals surface area contributed by atoms with E-state index in [0.29, 0.717) is 5.56 Å². The van der Waals surface area contributed by atoms with E-state index in [1.165, 1.54) is 0 Å². The Bertz CT molecular complexity index is 817. The first kappa shape index (κ1) is 16.2. The molecule has 120 valence electrons. The Hall–Kier alpha value is -2.66. The third-order valence-electron chi connectivity index (χ3n) is 3.60. The van der Waals surface area contributed by atoms with E-state index in [1.807, 2.05) is 72.6 Å². The highest BCUT2D eigenvalue weighted by atomic mass is 79.9. The lowest BCUT2D eigenvalue weighted by Crippen LogP contribution is -2.14. The summed E-state index contributed by atoms with van der Waals surface area (Å²) in [5.41, 5.74) is 2.30. The first-order valence-corrected chi connectivity index (χ1v) is 8.24. The maximum Gasteiger partial charge on any atom is 0.257 e. The van der Waals surface area contributed by atoms with Crippen LogP contribution in [0.5, 0.6) is 0 Å². The monoisotopic (exact) mass is 381 g/mol. The number of benzene rings is 2. The predicted octanol–water partition coefficient (Wildman–Crippen LogP) is 4.86. The normalized spacial score (nSPS) is 10.2. The van der Waals surface area contributed by atoms with Gasteiger partial charge in [-0.25, -0.2) is 4.98 Å². The van der Waals surface area contributed by atoms with Gasteiger partial charge in [-0.3, -0.25) is 4.79 Å². The number of carbonyl (C=O) groups excluding carboxylic acids is 1. The van der Waals surface area contributed by atoms with Crippen molar-refractivity contribution in [3.63, 3.8) is 0 Å². The number of halogens is 1. The van der Waals surface area contributed by atoms with E-state index in [9.17, 15) is 4.79 Å². The largest absolute Gasteiger partial charge is 0.329 e. The molecule has 24 heavy (non-hydrogen) atoms. The summed E-state index contributed by atoms with van der Waals surface area (Å²) in [5.74, 6) is 0.597. The molecule has 0 radical (unpaired) electrons. The van der Waals surface area contributed by atoms with Crippen LogP contribution in [-0.2, 0) is 0 Å². The number of aromatic nitrogens is 1. The second-order valence-electron chi connectivity index (χ2n) is 5.26. The molecule has 0 unspecified atom stereocenters. The van der Waals surface area contributed by atoms with Gasteiger partial charge in [0.15, 0.2) is 0 Å². The molecule has 1 N–H and O–H groups in total. The van der Waals surface area contributed by atoms with Gasteiger partial charge in [0.25, 0.3) is 5.91 Å². The van der Waals surface area contributed by atoms with E-state index in [0.717, 1.165) is 21.7 Å². The summed E-state index contributed by atoms with van der Waals surface area (Å²) in [6.07, 6.45) is 1.59. The van der Waals surface area contributed by atoms with Crippen LogP contribution in [0.25, 0.3) is 0 Å². The van der Waals surface area contributed by atoms with E-state index >= 15 is 0 Å². The smallest absolute Gasteiger partial charge is 0.257 e. The summed E-state index contributed by atoms with van der Waals surface area (Å²) >= 11 is 3.37. The van der Waals surface area contributed by atoms with Crippen molar-refractivity contribution >= 4 is 39.0 Å². The van der Waals surface area contributed by atoms with Crippen molar-refractivity contribution < 1.29 is 4.79 Å². The van der Waals surface area contributed by atoms with Gasteiger partial charge in [0, 0.05) is 29.1 Å². The first-order chi connectivity index (χ1) is 11.6. The molecule has 2 aromatic carbocycles. The molecule has 0 bridgehead atoms. The van der Waals surface area contributed by atoms with Crippen molar-refractivity contribution in [2.45, 2.75) is 0 Å². The lowest BCUT2D eigenvalue weighted by Gasteiger charge is -2.18. The molecular formula is C19H16BrN3O. The van der Waals surface area contributed by atoms with Crippen LogP contribution in [0.1, 0.15) is 10.4 Å². The van der Waals surface area contributed by atoms with Crippen molar-refractivity contribution in [2.75, 3.05) is 17.3 Å².